The van der Waals surface area contributed by atoms with Crippen LogP contribution in [0.1, 0.15) is 31.7 Å². The molecule has 0 radical (unpaired) electrons. The van der Waals surface area contributed by atoms with Crippen molar-refractivity contribution in [2.24, 2.45) is 5.92 Å². The van der Waals surface area contributed by atoms with Gasteiger partial charge in [0, 0.05) is 6.42 Å². The molecule has 0 amide bonds. The zero-order valence-corrected chi connectivity index (χ0v) is 12.0. The number of carbonyl (C=O) groups is 1. The summed E-state index contributed by atoms with van der Waals surface area (Å²) in [6.07, 6.45) is 6.59. The van der Waals surface area contributed by atoms with Crippen LogP contribution in [0.25, 0.3) is 0 Å². The van der Waals surface area contributed by atoms with E-state index in [1.54, 1.807) is 24.3 Å². The smallest absolute Gasteiger partial charge is 0.303 e. The summed E-state index contributed by atoms with van der Waals surface area (Å²) in [6, 6.07) is 6.91. The molecule has 0 saturated heterocycles. The highest BCUT2D eigenvalue weighted by Gasteiger charge is 2.35. The van der Waals surface area contributed by atoms with Crippen LogP contribution in [-0.2, 0) is 10.2 Å². The third-order valence-corrected chi connectivity index (χ3v) is 4.28. The van der Waals surface area contributed by atoms with Gasteiger partial charge in [0.2, 0.25) is 0 Å². The Morgan fingerprint density at radius 2 is 1.95 bits per heavy atom. The van der Waals surface area contributed by atoms with E-state index in [1.165, 1.54) is 0 Å². The molecule has 2 atom stereocenters. The van der Waals surface area contributed by atoms with Gasteiger partial charge in [0.1, 0.15) is 11.5 Å². The molecular weight excluding hydrogens is 268 g/mol. The van der Waals surface area contributed by atoms with Crippen LogP contribution in [0.15, 0.2) is 48.3 Å². The number of carboxylic acids is 1. The number of hydrogen-bond donors (Lipinski definition) is 3. The molecule has 0 saturated carbocycles. The lowest BCUT2D eigenvalue weighted by Gasteiger charge is -2.37. The minimum atomic E-state index is -0.821. The number of rotatable bonds is 5. The summed E-state index contributed by atoms with van der Waals surface area (Å²) in [5, 5.41) is 27.9. The summed E-state index contributed by atoms with van der Waals surface area (Å²) in [5.41, 5.74) is 0.630. The van der Waals surface area contributed by atoms with Gasteiger partial charge < -0.3 is 15.3 Å². The van der Waals surface area contributed by atoms with Crippen molar-refractivity contribution < 1.29 is 20.1 Å². The van der Waals surface area contributed by atoms with Crippen molar-refractivity contribution in [1.29, 1.82) is 0 Å². The average Bonchev–Trinajstić information content (AvgIpc) is 2.46. The zero-order chi connectivity index (χ0) is 15.5. The van der Waals surface area contributed by atoms with Crippen molar-refractivity contribution in [1.82, 2.24) is 0 Å². The fourth-order valence-electron chi connectivity index (χ4n) is 2.83. The second-order valence-corrected chi connectivity index (χ2v) is 5.69. The Morgan fingerprint density at radius 3 is 2.48 bits per heavy atom. The van der Waals surface area contributed by atoms with Gasteiger partial charge in [0.05, 0.1) is 0 Å². The second kappa shape index (κ2) is 6.04. The van der Waals surface area contributed by atoms with Crippen molar-refractivity contribution >= 4 is 5.97 Å². The van der Waals surface area contributed by atoms with Crippen molar-refractivity contribution in [3.8, 4) is 5.75 Å². The molecule has 21 heavy (non-hydrogen) atoms. The maximum atomic E-state index is 11.0. The molecule has 2 unspecified atom stereocenters. The summed E-state index contributed by atoms with van der Waals surface area (Å²) in [7, 11) is 0. The van der Waals surface area contributed by atoms with Crippen LogP contribution in [0, 0.1) is 5.92 Å². The summed E-state index contributed by atoms with van der Waals surface area (Å²) in [4.78, 5) is 11.0. The van der Waals surface area contributed by atoms with Crippen LogP contribution < -0.4 is 0 Å². The van der Waals surface area contributed by atoms with Gasteiger partial charge in [0.15, 0.2) is 0 Å². The summed E-state index contributed by atoms with van der Waals surface area (Å²) in [6.45, 7) is 2.04. The molecule has 1 aromatic carbocycles. The molecule has 1 aliphatic carbocycles. The van der Waals surface area contributed by atoms with E-state index in [0.717, 1.165) is 5.56 Å². The van der Waals surface area contributed by atoms with Gasteiger partial charge >= 0.3 is 5.97 Å². The maximum Gasteiger partial charge on any atom is 0.303 e. The molecule has 112 valence electrons. The SMILES string of the molecule is CC(CCC(=O)O)(c1ccc(O)cc1)C1C=CC(O)=CC1. The largest absolute Gasteiger partial charge is 0.508 e. The van der Waals surface area contributed by atoms with Crippen molar-refractivity contribution in [2.75, 3.05) is 0 Å². The van der Waals surface area contributed by atoms with Crippen LogP contribution in [0.2, 0.25) is 0 Å². The average molecular weight is 288 g/mol. The van der Waals surface area contributed by atoms with Gasteiger partial charge in [-0.3, -0.25) is 4.79 Å². The van der Waals surface area contributed by atoms with Gasteiger partial charge in [-0.1, -0.05) is 25.1 Å². The Hall–Kier alpha value is -2.23. The summed E-state index contributed by atoms with van der Waals surface area (Å²) < 4.78 is 0. The van der Waals surface area contributed by atoms with Gasteiger partial charge in [-0.25, -0.2) is 0 Å². The Balaban J connectivity index is 2.32. The number of aliphatic carboxylic acids is 1. The molecule has 1 aromatic rings. The van der Waals surface area contributed by atoms with Gasteiger partial charge in [0.25, 0.3) is 0 Å². The number of benzene rings is 1. The third-order valence-electron chi connectivity index (χ3n) is 4.28. The van der Waals surface area contributed by atoms with Crippen LogP contribution in [0.5, 0.6) is 5.75 Å². The fraction of sp³-hybridized carbons (Fsp3) is 0.353. The van der Waals surface area contributed by atoms with Gasteiger partial charge in [-0.05, 0) is 54.0 Å². The minimum Gasteiger partial charge on any atom is -0.508 e. The molecule has 0 spiro atoms. The second-order valence-electron chi connectivity index (χ2n) is 5.69. The molecular formula is C17H20O4. The number of phenolic OH excluding ortho intramolecular Hbond substituents is 1. The molecule has 0 heterocycles. The number of aromatic hydroxyl groups is 1. The number of hydrogen-bond acceptors (Lipinski definition) is 3. The van der Waals surface area contributed by atoms with E-state index in [2.05, 4.69) is 0 Å². The molecule has 0 bridgehead atoms. The molecule has 1 aliphatic rings. The standard InChI is InChI=1S/C17H20O4/c1-17(11-10-16(20)21,12-2-6-14(18)7-3-12)13-4-8-15(19)9-5-13/h2-4,6-9,13,18-19H,5,10-11H2,1H3,(H,20,21). The van der Waals surface area contributed by atoms with Gasteiger partial charge in [-0.15, -0.1) is 0 Å². The fourth-order valence-corrected chi connectivity index (χ4v) is 2.83. The Labute approximate surface area is 124 Å². The molecule has 0 fully saturated rings. The molecule has 0 aliphatic heterocycles. The Kier molecular flexibility index (Phi) is 4.36. The Morgan fingerprint density at radius 1 is 1.29 bits per heavy atom. The summed E-state index contributed by atoms with van der Waals surface area (Å²) in [5.74, 6) is -0.274. The quantitative estimate of drug-likeness (QED) is 0.774. The predicted octanol–water partition coefficient (Wildman–Crippen LogP) is 3.53. The number of phenols is 1. The predicted molar refractivity (Wildman–Crippen MR) is 80.3 cm³/mol. The van der Waals surface area contributed by atoms with Crippen molar-refractivity contribution in [3.63, 3.8) is 0 Å². The van der Waals surface area contributed by atoms with E-state index in [4.69, 9.17) is 5.11 Å². The number of aliphatic hydroxyl groups excluding tert-OH is 1. The Bertz CT molecular complexity index is 571. The first kappa shape index (κ1) is 15.2. The topological polar surface area (TPSA) is 77.8 Å². The normalized spacial score (nSPS) is 20.6. The van der Waals surface area contributed by atoms with Crippen molar-refractivity contribution in [3.05, 3.63) is 53.8 Å². The molecule has 0 aromatic heterocycles. The molecule has 2 rings (SSSR count). The molecule has 4 nitrogen and oxygen atoms in total. The van der Waals surface area contributed by atoms with Crippen LogP contribution in [0.4, 0.5) is 0 Å². The molecule has 3 N–H and O–H groups in total. The van der Waals surface area contributed by atoms with E-state index >= 15 is 0 Å². The number of allylic oxidation sites excluding steroid dienone is 3. The first-order valence-corrected chi connectivity index (χ1v) is 7.00. The van der Waals surface area contributed by atoms with E-state index in [9.17, 15) is 15.0 Å². The van der Waals surface area contributed by atoms with Gasteiger partial charge in [-0.2, -0.15) is 0 Å². The minimum absolute atomic E-state index is 0.0808. The summed E-state index contributed by atoms with van der Waals surface area (Å²) >= 11 is 0. The highest BCUT2D eigenvalue weighted by atomic mass is 16.4. The van der Waals surface area contributed by atoms with Crippen LogP contribution >= 0.6 is 0 Å². The lowest BCUT2D eigenvalue weighted by Crippen LogP contribution is -2.32. The lowest BCUT2D eigenvalue weighted by atomic mass is 9.67. The highest BCUT2D eigenvalue weighted by Crippen LogP contribution is 2.41. The van der Waals surface area contributed by atoms with Crippen molar-refractivity contribution in [2.45, 2.75) is 31.6 Å². The molecule has 4 heteroatoms. The monoisotopic (exact) mass is 288 g/mol. The third kappa shape index (κ3) is 3.45. The van der Waals surface area contributed by atoms with Crippen LogP contribution in [-0.4, -0.2) is 21.3 Å². The van der Waals surface area contributed by atoms with Crippen LogP contribution in [0.3, 0.4) is 0 Å². The maximum absolute atomic E-state index is 11.0. The van der Waals surface area contributed by atoms with E-state index in [1.807, 2.05) is 25.1 Å². The number of carboxylic acid groups (broad SMARTS) is 1. The van der Waals surface area contributed by atoms with E-state index < -0.39 is 5.97 Å². The number of aliphatic hydroxyl groups is 1. The lowest BCUT2D eigenvalue weighted by molar-refractivity contribution is -0.137. The first-order chi connectivity index (χ1) is 9.91. The van der Waals surface area contributed by atoms with E-state index in [-0.39, 0.29) is 29.3 Å². The van der Waals surface area contributed by atoms with E-state index in [0.29, 0.717) is 12.8 Å². The zero-order valence-electron chi connectivity index (χ0n) is 12.0. The first-order valence-electron chi connectivity index (χ1n) is 7.00. The highest BCUT2D eigenvalue weighted by molar-refractivity contribution is 5.67.